The number of rotatable bonds is 4. The molecule has 0 saturated heterocycles. The van der Waals surface area contributed by atoms with Crippen LogP contribution in [-0.2, 0) is 11.3 Å². The quantitative estimate of drug-likeness (QED) is 0.846. The van der Waals surface area contributed by atoms with Crippen LogP contribution in [0.15, 0.2) is 16.5 Å². The zero-order valence-electron chi connectivity index (χ0n) is 12.0. The number of esters is 1. The van der Waals surface area contributed by atoms with Crippen LogP contribution in [0, 0.1) is 13.8 Å². The number of nitrogens with one attached hydrogen (secondary N) is 1. The Labute approximate surface area is 125 Å². The molecule has 0 aromatic carbocycles. The molecule has 3 N–H and O–H groups in total. The van der Waals surface area contributed by atoms with Crippen LogP contribution in [0.2, 0.25) is 0 Å². The molecule has 0 aliphatic rings. The summed E-state index contributed by atoms with van der Waals surface area (Å²) in [6.45, 7) is 3.91. The molecule has 0 atom stereocenters. The van der Waals surface area contributed by atoms with Crippen molar-refractivity contribution >= 4 is 28.2 Å². The summed E-state index contributed by atoms with van der Waals surface area (Å²) in [6, 6.07) is 3.18. The zero-order valence-corrected chi connectivity index (χ0v) is 12.8. The van der Waals surface area contributed by atoms with Gasteiger partial charge in [0.1, 0.15) is 10.8 Å². The van der Waals surface area contributed by atoms with Crippen LogP contribution in [0.25, 0.3) is 0 Å². The van der Waals surface area contributed by atoms with E-state index in [1.807, 2.05) is 13.8 Å². The van der Waals surface area contributed by atoms with E-state index < -0.39 is 11.9 Å². The lowest BCUT2D eigenvalue weighted by Crippen LogP contribution is -2.13. The third-order valence-corrected chi connectivity index (χ3v) is 4.21. The lowest BCUT2D eigenvalue weighted by atomic mass is 10.1. The van der Waals surface area contributed by atoms with Gasteiger partial charge in [0.05, 0.1) is 19.2 Å². The summed E-state index contributed by atoms with van der Waals surface area (Å²) in [5.74, 6) is -0.239. The van der Waals surface area contributed by atoms with Gasteiger partial charge in [-0.15, -0.1) is 11.3 Å². The Morgan fingerprint density at radius 1 is 1.38 bits per heavy atom. The average Bonchev–Trinajstić information content (AvgIpc) is 3.04. The second kappa shape index (κ2) is 6.11. The minimum atomic E-state index is -0.478. The molecule has 21 heavy (non-hydrogen) atoms. The molecule has 7 heteroatoms. The maximum atomic E-state index is 12.1. The molecule has 0 aliphatic heterocycles. The largest absolute Gasteiger partial charge is 0.465 e. The van der Waals surface area contributed by atoms with Crippen molar-refractivity contribution in [2.24, 2.45) is 5.73 Å². The summed E-state index contributed by atoms with van der Waals surface area (Å²) in [4.78, 5) is 24.9. The molecular weight excluding hydrogens is 292 g/mol. The van der Waals surface area contributed by atoms with Crippen LogP contribution in [-0.4, -0.2) is 19.0 Å². The Kier molecular flexibility index (Phi) is 4.44. The normalized spacial score (nSPS) is 10.5. The highest BCUT2D eigenvalue weighted by Crippen LogP contribution is 2.33. The Bertz CT molecular complexity index is 687. The molecule has 112 valence electrons. The Morgan fingerprint density at radius 2 is 2.10 bits per heavy atom. The van der Waals surface area contributed by atoms with Gasteiger partial charge in [0.15, 0.2) is 5.76 Å². The van der Waals surface area contributed by atoms with Gasteiger partial charge in [0, 0.05) is 4.88 Å². The van der Waals surface area contributed by atoms with Crippen molar-refractivity contribution in [3.05, 3.63) is 39.7 Å². The first-order chi connectivity index (χ1) is 9.97. The SMILES string of the molecule is COC(=O)c1c(NC(=O)c2ccc(CN)o2)sc(C)c1C. The van der Waals surface area contributed by atoms with Crippen LogP contribution >= 0.6 is 11.3 Å². The maximum absolute atomic E-state index is 12.1. The Morgan fingerprint density at radius 3 is 2.67 bits per heavy atom. The van der Waals surface area contributed by atoms with E-state index in [1.54, 1.807) is 12.1 Å². The van der Waals surface area contributed by atoms with E-state index in [9.17, 15) is 9.59 Å². The summed E-state index contributed by atoms with van der Waals surface area (Å²) >= 11 is 1.32. The molecule has 0 radical (unpaired) electrons. The van der Waals surface area contributed by atoms with E-state index >= 15 is 0 Å². The molecule has 2 aromatic rings. The maximum Gasteiger partial charge on any atom is 0.341 e. The smallest absolute Gasteiger partial charge is 0.341 e. The number of aryl methyl sites for hydroxylation is 1. The summed E-state index contributed by atoms with van der Waals surface area (Å²) < 4.78 is 10.0. The van der Waals surface area contributed by atoms with Gasteiger partial charge >= 0.3 is 5.97 Å². The fraction of sp³-hybridized carbons (Fsp3) is 0.286. The third kappa shape index (κ3) is 2.98. The molecule has 6 nitrogen and oxygen atoms in total. The number of hydrogen-bond donors (Lipinski definition) is 2. The zero-order chi connectivity index (χ0) is 15.6. The van der Waals surface area contributed by atoms with Crippen molar-refractivity contribution < 1.29 is 18.7 Å². The molecule has 2 heterocycles. The first kappa shape index (κ1) is 15.3. The lowest BCUT2D eigenvalue weighted by Gasteiger charge is -2.04. The van der Waals surface area contributed by atoms with Gasteiger partial charge < -0.3 is 20.2 Å². The minimum Gasteiger partial charge on any atom is -0.465 e. The molecule has 0 spiro atoms. The van der Waals surface area contributed by atoms with E-state index in [0.717, 1.165) is 10.4 Å². The van der Waals surface area contributed by atoms with Crippen molar-refractivity contribution in [1.29, 1.82) is 0 Å². The second-order valence-corrected chi connectivity index (χ2v) is 5.63. The van der Waals surface area contributed by atoms with Gasteiger partial charge in [0.25, 0.3) is 5.91 Å². The van der Waals surface area contributed by atoms with Crippen molar-refractivity contribution in [1.82, 2.24) is 0 Å². The van der Waals surface area contributed by atoms with Crippen LogP contribution < -0.4 is 11.1 Å². The monoisotopic (exact) mass is 308 g/mol. The molecule has 0 saturated carbocycles. The predicted octanol–water partition coefficient (Wildman–Crippen LogP) is 2.46. The number of carbonyl (C=O) groups excluding carboxylic acids is 2. The van der Waals surface area contributed by atoms with E-state index in [0.29, 0.717) is 16.3 Å². The number of hydrogen-bond acceptors (Lipinski definition) is 6. The van der Waals surface area contributed by atoms with Gasteiger partial charge in [-0.25, -0.2) is 4.79 Å². The topological polar surface area (TPSA) is 94.6 Å². The number of amides is 1. The van der Waals surface area contributed by atoms with E-state index in [1.165, 1.54) is 18.4 Å². The molecule has 0 bridgehead atoms. The second-order valence-electron chi connectivity index (χ2n) is 4.40. The summed E-state index contributed by atoms with van der Waals surface area (Å²) in [5.41, 5.74) is 6.61. The molecular formula is C14H16N2O4S. The molecule has 0 fully saturated rings. The van der Waals surface area contributed by atoms with Gasteiger partial charge in [-0.2, -0.15) is 0 Å². The first-order valence-electron chi connectivity index (χ1n) is 6.26. The van der Waals surface area contributed by atoms with E-state index in [4.69, 9.17) is 14.9 Å². The highest BCUT2D eigenvalue weighted by Gasteiger charge is 2.22. The predicted molar refractivity (Wildman–Crippen MR) is 79.7 cm³/mol. The third-order valence-electron chi connectivity index (χ3n) is 3.09. The number of furan rings is 1. The average molecular weight is 308 g/mol. The summed E-state index contributed by atoms with van der Waals surface area (Å²) in [7, 11) is 1.31. The van der Waals surface area contributed by atoms with Crippen LogP contribution in [0.1, 0.15) is 37.1 Å². The van der Waals surface area contributed by atoms with Crippen LogP contribution in [0.5, 0.6) is 0 Å². The minimum absolute atomic E-state index is 0.148. The molecule has 2 aromatic heterocycles. The highest BCUT2D eigenvalue weighted by molar-refractivity contribution is 7.16. The number of thiophene rings is 1. The Balaban J connectivity index is 2.29. The van der Waals surface area contributed by atoms with E-state index in [2.05, 4.69) is 5.32 Å². The molecule has 0 unspecified atom stereocenters. The van der Waals surface area contributed by atoms with Crippen molar-refractivity contribution in [3.8, 4) is 0 Å². The van der Waals surface area contributed by atoms with Crippen molar-refractivity contribution in [3.63, 3.8) is 0 Å². The number of methoxy groups -OCH3 is 1. The fourth-order valence-corrected chi connectivity index (χ4v) is 2.88. The van der Waals surface area contributed by atoms with Crippen molar-refractivity contribution in [2.75, 3.05) is 12.4 Å². The number of anilines is 1. The molecule has 0 aliphatic carbocycles. The first-order valence-corrected chi connectivity index (χ1v) is 7.08. The standard InChI is InChI=1S/C14H16N2O4S/c1-7-8(2)21-13(11(7)14(18)19-3)16-12(17)10-5-4-9(6-15)20-10/h4-5H,6,15H2,1-3H3,(H,16,17). The van der Waals surface area contributed by atoms with Crippen molar-refractivity contribution in [2.45, 2.75) is 20.4 Å². The van der Waals surface area contributed by atoms with E-state index in [-0.39, 0.29) is 12.3 Å². The van der Waals surface area contributed by atoms with Gasteiger partial charge in [-0.05, 0) is 31.5 Å². The number of ether oxygens (including phenoxy) is 1. The van der Waals surface area contributed by atoms with Gasteiger partial charge in [0.2, 0.25) is 0 Å². The van der Waals surface area contributed by atoms with Gasteiger partial charge in [-0.1, -0.05) is 0 Å². The lowest BCUT2D eigenvalue weighted by molar-refractivity contribution is 0.0601. The number of carbonyl (C=O) groups is 2. The fourth-order valence-electron chi connectivity index (χ4n) is 1.84. The summed E-state index contributed by atoms with van der Waals surface area (Å²) in [6.07, 6.45) is 0. The molecule has 2 rings (SSSR count). The van der Waals surface area contributed by atoms with Crippen LogP contribution in [0.4, 0.5) is 5.00 Å². The number of nitrogens with two attached hydrogens (primary N) is 1. The van der Waals surface area contributed by atoms with Crippen LogP contribution in [0.3, 0.4) is 0 Å². The molecule has 1 amide bonds. The summed E-state index contributed by atoms with van der Waals surface area (Å²) in [5, 5.41) is 3.14. The van der Waals surface area contributed by atoms with Gasteiger partial charge in [-0.3, -0.25) is 4.79 Å². The highest BCUT2D eigenvalue weighted by atomic mass is 32.1. The Hall–Kier alpha value is -2.12.